The van der Waals surface area contributed by atoms with Crippen molar-refractivity contribution >= 4 is 17.5 Å². The standard InChI is InChI=1S/C20H19N3O4/c1-13-7-6-10-17-22-16(11-18(24)23(13)17)12-27-20(26)14(2)21-19(25)15-8-4-3-5-9-15/h3-11,14H,12H2,1-2H3,(H,21,25)/t14-/m0/s1. The highest BCUT2D eigenvalue weighted by Crippen LogP contribution is 2.05. The summed E-state index contributed by atoms with van der Waals surface area (Å²) in [5.74, 6) is -0.969. The summed E-state index contributed by atoms with van der Waals surface area (Å²) in [4.78, 5) is 40.8. The highest BCUT2D eigenvalue weighted by atomic mass is 16.5. The number of aromatic nitrogens is 2. The average Bonchev–Trinajstić information content (AvgIpc) is 2.66. The first kappa shape index (κ1) is 18.3. The van der Waals surface area contributed by atoms with Gasteiger partial charge in [0, 0.05) is 17.3 Å². The molecule has 0 aliphatic carbocycles. The van der Waals surface area contributed by atoms with Crippen molar-refractivity contribution in [3.05, 3.63) is 81.9 Å². The Hall–Kier alpha value is -3.48. The van der Waals surface area contributed by atoms with Gasteiger partial charge in [-0.2, -0.15) is 0 Å². The molecule has 1 amide bonds. The number of aryl methyl sites for hydroxylation is 1. The van der Waals surface area contributed by atoms with Gasteiger partial charge in [-0.25, -0.2) is 9.78 Å². The van der Waals surface area contributed by atoms with Crippen LogP contribution in [0.25, 0.3) is 5.65 Å². The van der Waals surface area contributed by atoms with E-state index in [-0.39, 0.29) is 18.1 Å². The summed E-state index contributed by atoms with van der Waals surface area (Å²) >= 11 is 0. The number of pyridine rings is 1. The van der Waals surface area contributed by atoms with Gasteiger partial charge >= 0.3 is 5.97 Å². The quantitative estimate of drug-likeness (QED) is 0.697. The molecule has 1 aromatic carbocycles. The van der Waals surface area contributed by atoms with E-state index in [9.17, 15) is 14.4 Å². The minimum atomic E-state index is -0.832. The molecule has 7 nitrogen and oxygen atoms in total. The van der Waals surface area contributed by atoms with Crippen LogP contribution < -0.4 is 10.9 Å². The molecule has 2 heterocycles. The van der Waals surface area contributed by atoms with E-state index in [2.05, 4.69) is 10.3 Å². The number of benzene rings is 1. The number of fused-ring (bicyclic) bond motifs is 1. The fourth-order valence-corrected chi connectivity index (χ4v) is 2.64. The SMILES string of the molecule is Cc1cccc2nc(COC(=O)[C@H](C)NC(=O)c3ccccc3)cc(=O)n12. The molecule has 1 atom stereocenters. The summed E-state index contributed by atoms with van der Waals surface area (Å²) < 4.78 is 6.68. The molecule has 0 aliphatic rings. The number of ether oxygens (including phenoxy) is 1. The van der Waals surface area contributed by atoms with Gasteiger partial charge < -0.3 is 10.1 Å². The highest BCUT2D eigenvalue weighted by molar-refractivity contribution is 5.96. The van der Waals surface area contributed by atoms with E-state index in [0.717, 1.165) is 5.69 Å². The second kappa shape index (κ2) is 7.82. The van der Waals surface area contributed by atoms with Gasteiger partial charge in [-0.3, -0.25) is 14.0 Å². The predicted octanol–water partition coefficient (Wildman–Crippen LogP) is 1.86. The van der Waals surface area contributed by atoms with Crippen molar-refractivity contribution in [1.82, 2.24) is 14.7 Å². The number of esters is 1. The van der Waals surface area contributed by atoms with Crippen molar-refractivity contribution in [1.29, 1.82) is 0 Å². The summed E-state index contributed by atoms with van der Waals surface area (Å²) in [7, 11) is 0. The first-order valence-electron chi connectivity index (χ1n) is 8.46. The fraction of sp³-hybridized carbons (Fsp3) is 0.200. The molecule has 3 aromatic rings. The third-order valence-corrected chi connectivity index (χ3v) is 4.03. The van der Waals surface area contributed by atoms with Crippen LogP contribution in [0.2, 0.25) is 0 Å². The van der Waals surface area contributed by atoms with Gasteiger partial charge in [0.05, 0.1) is 5.69 Å². The van der Waals surface area contributed by atoms with Crippen LogP contribution in [0.5, 0.6) is 0 Å². The first-order chi connectivity index (χ1) is 13.0. The van der Waals surface area contributed by atoms with E-state index < -0.39 is 12.0 Å². The second-order valence-corrected chi connectivity index (χ2v) is 6.12. The lowest BCUT2D eigenvalue weighted by Gasteiger charge is -2.13. The van der Waals surface area contributed by atoms with Gasteiger partial charge in [0.25, 0.3) is 11.5 Å². The largest absolute Gasteiger partial charge is 0.458 e. The maximum Gasteiger partial charge on any atom is 0.328 e. The highest BCUT2D eigenvalue weighted by Gasteiger charge is 2.18. The molecule has 0 aliphatic heterocycles. The average molecular weight is 365 g/mol. The number of carbonyl (C=O) groups is 2. The van der Waals surface area contributed by atoms with Gasteiger partial charge in [-0.1, -0.05) is 24.3 Å². The summed E-state index contributed by atoms with van der Waals surface area (Å²) in [5.41, 5.74) is 1.82. The van der Waals surface area contributed by atoms with E-state index in [0.29, 0.717) is 16.9 Å². The van der Waals surface area contributed by atoms with Gasteiger partial charge in [0.2, 0.25) is 0 Å². The summed E-state index contributed by atoms with van der Waals surface area (Å²) in [5, 5.41) is 2.58. The number of nitrogens with zero attached hydrogens (tertiary/aromatic N) is 2. The van der Waals surface area contributed by atoms with Crippen LogP contribution in [-0.2, 0) is 16.1 Å². The minimum Gasteiger partial charge on any atom is -0.458 e. The lowest BCUT2D eigenvalue weighted by molar-refractivity contribution is -0.146. The molecule has 0 fully saturated rings. The van der Waals surface area contributed by atoms with Crippen molar-refractivity contribution < 1.29 is 14.3 Å². The normalized spacial score (nSPS) is 11.8. The molecular formula is C20H19N3O4. The van der Waals surface area contributed by atoms with Crippen molar-refractivity contribution in [3.8, 4) is 0 Å². The van der Waals surface area contributed by atoms with E-state index in [1.165, 1.54) is 17.4 Å². The van der Waals surface area contributed by atoms with Crippen LogP contribution in [0.4, 0.5) is 0 Å². The zero-order chi connectivity index (χ0) is 19.4. The van der Waals surface area contributed by atoms with Crippen LogP contribution in [0.15, 0.2) is 59.4 Å². The number of rotatable bonds is 5. The lowest BCUT2D eigenvalue weighted by atomic mass is 10.2. The van der Waals surface area contributed by atoms with E-state index in [1.54, 1.807) is 42.5 Å². The molecule has 0 radical (unpaired) electrons. The van der Waals surface area contributed by atoms with Crippen LogP contribution in [0, 0.1) is 6.92 Å². The Balaban J connectivity index is 1.64. The minimum absolute atomic E-state index is 0.149. The molecule has 3 rings (SSSR count). The zero-order valence-corrected chi connectivity index (χ0v) is 15.0. The molecular weight excluding hydrogens is 346 g/mol. The van der Waals surface area contributed by atoms with Crippen molar-refractivity contribution in [2.45, 2.75) is 26.5 Å². The predicted molar refractivity (Wildman–Crippen MR) is 99.4 cm³/mol. The fourth-order valence-electron chi connectivity index (χ4n) is 2.64. The Labute approximate surface area is 155 Å². The Morgan fingerprint density at radius 1 is 1.15 bits per heavy atom. The van der Waals surface area contributed by atoms with E-state index >= 15 is 0 Å². The van der Waals surface area contributed by atoms with Crippen molar-refractivity contribution in [2.75, 3.05) is 0 Å². The Kier molecular flexibility index (Phi) is 5.30. The number of nitrogens with one attached hydrogen (secondary N) is 1. The molecule has 0 saturated heterocycles. The Bertz CT molecular complexity index is 1040. The number of hydrogen-bond donors (Lipinski definition) is 1. The van der Waals surface area contributed by atoms with Crippen LogP contribution in [0.3, 0.4) is 0 Å². The van der Waals surface area contributed by atoms with Gasteiger partial charge in [-0.15, -0.1) is 0 Å². The van der Waals surface area contributed by atoms with Gasteiger partial charge in [0.1, 0.15) is 18.3 Å². The Morgan fingerprint density at radius 3 is 2.63 bits per heavy atom. The topological polar surface area (TPSA) is 89.8 Å². The summed E-state index contributed by atoms with van der Waals surface area (Å²) in [6.07, 6.45) is 0. The molecule has 0 spiro atoms. The molecule has 27 heavy (non-hydrogen) atoms. The number of carbonyl (C=O) groups excluding carboxylic acids is 2. The zero-order valence-electron chi connectivity index (χ0n) is 15.0. The molecule has 0 unspecified atom stereocenters. The number of amides is 1. The monoisotopic (exact) mass is 365 g/mol. The molecule has 2 aromatic heterocycles. The van der Waals surface area contributed by atoms with Gasteiger partial charge in [-0.05, 0) is 38.1 Å². The lowest BCUT2D eigenvalue weighted by Crippen LogP contribution is -2.39. The van der Waals surface area contributed by atoms with Crippen molar-refractivity contribution in [2.24, 2.45) is 0 Å². The Morgan fingerprint density at radius 2 is 1.89 bits per heavy atom. The number of hydrogen-bond acceptors (Lipinski definition) is 5. The molecule has 0 saturated carbocycles. The second-order valence-electron chi connectivity index (χ2n) is 6.12. The first-order valence-corrected chi connectivity index (χ1v) is 8.46. The summed E-state index contributed by atoms with van der Waals surface area (Å²) in [6.45, 7) is 3.20. The molecule has 0 bridgehead atoms. The van der Waals surface area contributed by atoms with Crippen LogP contribution >= 0.6 is 0 Å². The van der Waals surface area contributed by atoms with Crippen molar-refractivity contribution in [3.63, 3.8) is 0 Å². The van der Waals surface area contributed by atoms with Crippen LogP contribution in [0.1, 0.15) is 28.7 Å². The maximum absolute atomic E-state index is 12.2. The third kappa shape index (κ3) is 4.20. The van der Waals surface area contributed by atoms with E-state index in [1.807, 2.05) is 13.0 Å². The molecule has 7 heteroatoms. The smallest absolute Gasteiger partial charge is 0.328 e. The van der Waals surface area contributed by atoms with Crippen LogP contribution in [-0.4, -0.2) is 27.3 Å². The van der Waals surface area contributed by atoms with E-state index in [4.69, 9.17) is 4.74 Å². The van der Waals surface area contributed by atoms with Gasteiger partial charge in [0.15, 0.2) is 0 Å². The summed E-state index contributed by atoms with van der Waals surface area (Å²) in [6, 6.07) is 14.4. The molecule has 1 N–H and O–H groups in total. The third-order valence-electron chi connectivity index (χ3n) is 4.03. The molecule has 138 valence electrons. The maximum atomic E-state index is 12.2.